The molecule has 0 amide bonds. The van der Waals surface area contributed by atoms with Gasteiger partial charge in [0.2, 0.25) is 0 Å². The van der Waals surface area contributed by atoms with Gasteiger partial charge in [-0.1, -0.05) is 35.3 Å². The Morgan fingerprint density at radius 1 is 1.06 bits per heavy atom. The highest BCUT2D eigenvalue weighted by atomic mass is 35.5. The van der Waals surface area contributed by atoms with Gasteiger partial charge in [-0.3, -0.25) is 0 Å². The summed E-state index contributed by atoms with van der Waals surface area (Å²) in [6.07, 6.45) is 0.603. The van der Waals surface area contributed by atoms with Crippen LogP contribution in [0.3, 0.4) is 0 Å². The van der Waals surface area contributed by atoms with E-state index in [1.54, 1.807) is 6.07 Å². The number of halogens is 2. The van der Waals surface area contributed by atoms with E-state index in [0.29, 0.717) is 16.4 Å². The van der Waals surface area contributed by atoms with Crippen molar-refractivity contribution in [1.82, 2.24) is 0 Å². The number of hydrogen-bond acceptors (Lipinski definition) is 2. The standard InChI is InChI=1S/C13H17BCl2O2/c1-12(2)13(3,4)18-14(17-12)8-9-6-5-7-10(15)11(9)16/h5-7H,8H2,1-4H3. The Morgan fingerprint density at radius 2 is 1.61 bits per heavy atom. The Kier molecular flexibility index (Phi) is 3.72. The largest absolute Gasteiger partial charge is 0.462 e. The summed E-state index contributed by atoms with van der Waals surface area (Å²) in [5.74, 6) is 0. The van der Waals surface area contributed by atoms with Crippen LogP contribution in [-0.2, 0) is 15.6 Å². The lowest BCUT2D eigenvalue weighted by Crippen LogP contribution is -2.41. The molecule has 0 radical (unpaired) electrons. The third kappa shape index (κ3) is 2.55. The molecule has 1 heterocycles. The van der Waals surface area contributed by atoms with Crippen molar-refractivity contribution >= 4 is 30.3 Å². The maximum absolute atomic E-state index is 6.17. The van der Waals surface area contributed by atoms with Gasteiger partial charge in [-0.2, -0.15) is 0 Å². The third-order valence-corrected chi connectivity index (χ3v) is 4.58. The maximum Gasteiger partial charge on any atom is 0.462 e. The molecule has 1 aliphatic heterocycles. The predicted molar refractivity (Wildman–Crippen MR) is 76.2 cm³/mol. The van der Waals surface area contributed by atoms with Gasteiger partial charge in [-0.05, 0) is 39.3 Å². The highest BCUT2D eigenvalue weighted by Gasteiger charge is 2.50. The molecule has 5 heteroatoms. The van der Waals surface area contributed by atoms with Crippen molar-refractivity contribution < 1.29 is 9.31 Å². The van der Waals surface area contributed by atoms with E-state index in [0.717, 1.165) is 5.56 Å². The molecule has 1 aromatic rings. The van der Waals surface area contributed by atoms with Gasteiger partial charge in [0.1, 0.15) is 0 Å². The van der Waals surface area contributed by atoms with E-state index in [-0.39, 0.29) is 18.3 Å². The van der Waals surface area contributed by atoms with Crippen molar-refractivity contribution in [3.63, 3.8) is 0 Å². The Bertz CT molecular complexity index is 444. The Hall–Kier alpha value is -0.215. The van der Waals surface area contributed by atoms with Crippen LogP contribution in [0.4, 0.5) is 0 Å². The number of benzene rings is 1. The Labute approximate surface area is 119 Å². The number of hydrogen-bond donors (Lipinski definition) is 0. The first-order valence-corrected chi connectivity index (χ1v) is 6.77. The van der Waals surface area contributed by atoms with E-state index >= 15 is 0 Å². The average Bonchev–Trinajstić information content (AvgIpc) is 2.43. The third-order valence-electron chi connectivity index (χ3n) is 3.72. The highest BCUT2D eigenvalue weighted by molar-refractivity contribution is 6.47. The molecule has 0 spiro atoms. The molecule has 0 saturated carbocycles. The molecule has 0 aliphatic carbocycles. The van der Waals surface area contributed by atoms with Crippen LogP contribution in [-0.4, -0.2) is 18.3 Å². The zero-order chi connectivity index (χ0) is 13.6. The maximum atomic E-state index is 6.17. The average molecular weight is 287 g/mol. The fourth-order valence-electron chi connectivity index (χ4n) is 1.93. The van der Waals surface area contributed by atoms with E-state index in [4.69, 9.17) is 32.5 Å². The van der Waals surface area contributed by atoms with E-state index in [1.165, 1.54) is 0 Å². The summed E-state index contributed by atoms with van der Waals surface area (Å²) in [6.45, 7) is 8.14. The van der Waals surface area contributed by atoms with E-state index in [9.17, 15) is 0 Å². The summed E-state index contributed by atoms with van der Waals surface area (Å²) in [5.41, 5.74) is 0.313. The quantitative estimate of drug-likeness (QED) is 0.760. The van der Waals surface area contributed by atoms with Gasteiger partial charge in [0.05, 0.1) is 21.2 Å². The van der Waals surface area contributed by atoms with Crippen LogP contribution in [0.5, 0.6) is 0 Å². The first kappa shape index (κ1) is 14.2. The molecule has 0 atom stereocenters. The van der Waals surface area contributed by atoms with Gasteiger partial charge in [0.15, 0.2) is 0 Å². The molecule has 18 heavy (non-hydrogen) atoms. The lowest BCUT2D eigenvalue weighted by molar-refractivity contribution is 0.00578. The van der Waals surface area contributed by atoms with Gasteiger partial charge >= 0.3 is 7.12 Å². The lowest BCUT2D eigenvalue weighted by atomic mass is 9.81. The molecular formula is C13H17BCl2O2. The molecule has 2 rings (SSSR count). The molecule has 0 aromatic heterocycles. The van der Waals surface area contributed by atoms with E-state index in [1.807, 2.05) is 39.8 Å². The van der Waals surface area contributed by atoms with E-state index < -0.39 is 0 Å². The highest BCUT2D eigenvalue weighted by Crippen LogP contribution is 2.38. The molecule has 0 N–H and O–H groups in total. The van der Waals surface area contributed by atoms with Gasteiger partial charge in [-0.25, -0.2) is 0 Å². The van der Waals surface area contributed by atoms with Crippen LogP contribution in [0, 0.1) is 0 Å². The summed E-state index contributed by atoms with van der Waals surface area (Å²) in [6, 6.07) is 5.60. The van der Waals surface area contributed by atoms with Crippen LogP contribution in [0.25, 0.3) is 0 Å². The first-order valence-electron chi connectivity index (χ1n) is 6.01. The van der Waals surface area contributed by atoms with Crippen molar-refractivity contribution in [1.29, 1.82) is 0 Å². The van der Waals surface area contributed by atoms with Crippen LogP contribution < -0.4 is 0 Å². The molecule has 0 bridgehead atoms. The van der Waals surface area contributed by atoms with Crippen molar-refractivity contribution in [2.45, 2.75) is 45.2 Å². The van der Waals surface area contributed by atoms with Crippen LogP contribution in [0.15, 0.2) is 18.2 Å². The topological polar surface area (TPSA) is 18.5 Å². The summed E-state index contributed by atoms with van der Waals surface area (Å²) in [4.78, 5) is 0. The first-order chi connectivity index (χ1) is 8.23. The van der Waals surface area contributed by atoms with Crippen LogP contribution in [0.1, 0.15) is 33.3 Å². The Morgan fingerprint density at radius 3 is 2.17 bits per heavy atom. The normalized spacial score (nSPS) is 21.3. The minimum absolute atomic E-state index is 0.286. The second kappa shape index (κ2) is 4.71. The smallest absolute Gasteiger partial charge is 0.403 e. The zero-order valence-electron chi connectivity index (χ0n) is 11.1. The molecule has 98 valence electrons. The second-order valence-electron chi connectivity index (χ2n) is 5.60. The number of rotatable bonds is 2. The molecule has 1 saturated heterocycles. The van der Waals surface area contributed by atoms with Gasteiger partial charge in [0.25, 0.3) is 0 Å². The van der Waals surface area contributed by atoms with Crippen molar-refractivity contribution in [2.75, 3.05) is 0 Å². The molecule has 1 aromatic carbocycles. The molecule has 1 aliphatic rings. The predicted octanol–water partition coefficient (Wildman–Crippen LogP) is 4.17. The van der Waals surface area contributed by atoms with Crippen molar-refractivity contribution in [2.24, 2.45) is 0 Å². The minimum atomic E-state index is -0.317. The van der Waals surface area contributed by atoms with Crippen molar-refractivity contribution in [3.05, 3.63) is 33.8 Å². The minimum Gasteiger partial charge on any atom is -0.403 e. The van der Waals surface area contributed by atoms with Gasteiger partial charge in [-0.15, -0.1) is 0 Å². The summed E-state index contributed by atoms with van der Waals surface area (Å²) >= 11 is 12.2. The fourth-order valence-corrected chi connectivity index (χ4v) is 2.33. The molecule has 1 fully saturated rings. The molecule has 2 nitrogen and oxygen atoms in total. The zero-order valence-corrected chi connectivity index (χ0v) is 12.6. The monoisotopic (exact) mass is 286 g/mol. The lowest BCUT2D eigenvalue weighted by Gasteiger charge is -2.32. The van der Waals surface area contributed by atoms with Crippen LogP contribution >= 0.6 is 23.2 Å². The molecular weight excluding hydrogens is 270 g/mol. The Balaban J connectivity index is 2.15. The fraction of sp³-hybridized carbons (Fsp3) is 0.538. The van der Waals surface area contributed by atoms with Crippen LogP contribution in [0.2, 0.25) is 10.0 Å². The second-order valence-corrected chi connectivity index (χ2v) is 6.39. The molecule has 0 unspecified atom stereocenters. The van der Waals surface area contributed by atoms with Gasteiger partial charge < -0.3 is 9.31 Å². The van der Waals surface area contributed by atoms with Gasteiger partial charge in [0, 0.05) is 6.32 Å². The summed E-state index contributed by atoms with van der Waals surface area (Å²) in [5, 5.41) is 1.14. The van der Waals surface area contributed by atoms with E-state index in [2.05, 4.69) is 0 Å². The summed E-state index contributed by atoms with van der Waals surface area (Å²) < 4.78 is 11.9. The SMILES string of the molecule is CC1(C)OB(Cc2cccc(Cl)c2Cl)OC1(C)C. The van der Waals surface area contributed by atoms with Crippen molar-refractivity contribution in [3.8, 4) is 0 Å². The summed E-state index contributed by atoms with van der Waals surface area (Å²) in [7, 11) is -0.286.